The largest absolute Gasteiger partial charge is 0.497 e. The topological polar surface area (TPSA) is 24.9 Å². The molecule has 26 heavy (non-hydrogen) atoms. The minimum Gasteiger partial charge on any atom is -0.497 e. The first kappa shape index (κ1) is 18.7. The number of ether oxygens (including phenoxy) is 2. The molecule has 0 amide bonds. The van der Waals surface area contributed by atoms with E-state index in [1.165, 1.54) is 18.7 Å². The Kier molecular flexibility index (Phi) is 5.79. The Morgan fingerprint density at radius 2 is 1.77 bits per heavy atom. The Balaban J connectivity index is 1.76. The van der Waals surface area contributed by atoms with Crippen LogP contribution in [0.5, 0.6) is 11.5 Å². The van der Waals surface area contributed by atoms with Crippen LogP contribution in [0.25, 0.3) is 0 Å². The quantitative estimate of drug-likeness (QED) is 0.790. The summed E-state index contributed by atoms with van der Waals surface area (Å²) >= 11 is 0. The minimum absolute atomic E-state index is 0.303. The number of hydrogen-bond acceptors (Lipinski definition) is 4. The highest BCUT2D eigenvalue weighted by atomic mass is 19.1. The molecule has 0 saturated carbocycles. The molecule has 0 N–H and O–H groups in total. The van der Waals surface area contributed by atoms with Gasteiger partial charge < -0.3 is 14.4 Å². The number of halogens is 1. The van der Waals surface area contributed by atoms with Crippen LogP contribution >= 0.6 is 0 Å². The van der Waals surface area contributed by atoms with Gasteiger partial charge in [-0.3, -0.25) is 4.90 Å². The van der Waals surface area contributed by atoms with Gasteiger partial charge in [-0.1, -0.05) is 18.2 Å². The summed E-state index contributed by atoms with van der Waals surface area (Å²) in [6.07, 6.45) is 0. The third-order valence-electron chi connectivity index (χ3n) is 5.19. The smallest absolute Gasteiger partial charge is 0.165 e. The Hall–Kier alpha value is -2.11. The molecule has 0 spiro atoms. The molecule has 0 radical (unpaired) electrons. The molecule has 3 rings (SSSR count). The number of nitrogens with zero attached hydrogens (tertiary/aromatic N) is 2. The van der Waals surface area contributed by atoms with Crippen LogP contribution in [-0.4, -0.2) is 57.2 Å². The van der Waals surface area contributed by atoms with Crippen molar-refractivity contribution in [3.05, 3.63) is 59.4 Å². The minimum atomic E-state index is -0.319. The van der Waals surface area contributed by atoms with Crippen LogP contribution in [0.4, 0.5) is 4.39 Å². The van der Waals surface area contributed by atoms with Crippen molar-refractivity contribution in [1.82, 2.24) is 9.80 Å². The molecule has 1 heterocycles. The number of benzene rings is 2. The molecule has 5 heteroatoms. The molecule has 1 aliphatic heterocycles. The van der Waals surface area contributed by atoms with Crippen molar-refractivity contribution in [1.29, 1.82) is 0 Å². The summed E-state index contributed by atoms with van der Waals surface area (Å²) < 4.78 is 24.0. The van der Waals surface area contributed by atoms with Gasteiger partial charge in [-0.05, 0) is 49.5 Å². The van der Waals surface area contributed by atoms with Gasteiger partial charge in [-0.15, -0.1) is 0 Å². The van der Waals surface area contributed by atoms with E-state index in [9.17, 15) is 4.39 Å². The number of rotatable bonds is 6. The lowest BCUT2D eigenvalue weighted by atomic mass is 9.93. The normalized spacial score (nSPS) is 20.5. The zero-order valence-corrected chi connectivity index (χ0v) is 15.9. The summed E-state index contributed by atoms with van der Waals surface area (Å²) in [6, 6.07) is 13.9. The fourth-order valence-electron chi connectivity index (χ4n) is 3.76. The molecule has 1 fully saturated rings. The molecule has 0 aromatic heterocycles. The summed E-state index contributed by atoms with van der Waals surface area (Å²) in [5.74, 6) is 1.29. The van der Waals surface area contributed by atoms with Crippen molar-refractivity contribution < 1.29 is 13.9 Å². The van der Waals surface area contributed by atoms with Gasteiger partial charge in [0.25, 0.3) is 0 Å². The summed E-state index contributed by atoms with van der Waals surface area (Å²) in [6.45, 7) is 2.73. The molecular weight excluding hydrogens is 331 g/mol. The van der Waals surface area contributed by atoms with Gasteiger partial charge in [-0.25, -0.2) is 4.39 Å². The zero-order chi connectivity index (χ0) is 18.7. The monoisotopic (exact) mass is 358 g/mol. The lowest BCUT2D eigenvalue weighted by Crippen LogP contribution is -2.34. The van der Waals surface area contributed by atoms with E-state index in [4.69, 9.17) is 9.47 Å². The number of likely N-dealkylation sites (N-methyl/N-ethyl adjacent to an activating group) is 1. The van der Waals surface area contributed by atoms with Crippen LogP contribution in [0.2, 0.25) is 0 Å². The lowest BCUT2D eigenvalue weighted by Gasteiger charge is -2.25. The highest BCUT2D eigenvalue weighted by molar-refractivity contribution is 5.33. The van der Waals surface area contributed by atoms with Crippen molar-refractivity contribution in [3.63, 3.8) is 0 Å². The van der Waals surface area contributed by atoms with Gasteiger partial charge in [0, 0.05) is 31.6 Å². The van der Waals surface area contributed by atoms with Crippen molar-refractivity contribution in [2.24, 2.45) is 0 Å². The van der Waals surface area contributed by atoms with E-state index in [1.807, 2.05) is 18.2 Å². The van der Waals surface area contributed by atoms with Crippen molar-refractivity contribution in [2.75, 3.05) is 41.4 Å². The Bertz CT molecular complexity index is 733. The van der Waals surface area contributed by atoms with Crippen LogP contribution in [0.1, 0.15) is 17.0 Å². The van der Waals surface area contributed by atoms with Gasteiger partial charge in [0.2, 0.25) is 0 Å². The summed E-state index contributed by atoms with van der Waals surface area (Å²) in [7, 11) is 7.45. The molecule has 2 aromatic rings. The van der Waals surface area contributed by atoms with Gasteiger partial charge >= 0.3 is 0 Å². The SMILES string of the molecule is COc1ccc([C@@H]2CN(Cc3ccc(F)c(OC)c3)C[C@H]2N(C)C)cc1. The molecular formula is C21H27FN2O2. The molecule has 0 bridgehead atoms. The molecule has 1 saturated heterocycles. The highest BCUT2D eigenvalue weighted by Gasteiger charge is 2.35. The first-order valence-electron chi connectivity index (χ1n) is 8.87. The predicted octanol–water partition coefficient (Wildman–Crippen LogP) is 3.37. The van der Waals surface area contributed by atoms with Crippen molar-refractivity contribution in [2.45, 2.75) is 18.5 Å². The maximum atomic E-state index is 13.6. The van der Waals surface area contributed by atoms with E-state index >= 15 is 0 Å². The van der Waals surface area contributed by atoms with E-state index < -0.39 is 0 Å². The predicted molar refractivity (Wildman–Crippen MR) is 101 cm³/mol. The summed E-state index contributed by atoms with van der Waals surface area (Å²) in [5.41, 5.74) is 2.39. The maximum absolute atomic E-state index is 13.6. The first-order chi connectivity index (χ1) is 12.5. The van der Waals surface area contributed by atoms with E-state index in [1.54, 1.807) is 13.2 Å². The van der Waals surface area contributed by atoms with Gasteiger partial charge in [0.1, 0.15) is 5.75 Å². The average molecular weight is 358 g/mol. The van der Waals surface area contributed by atoms with Crippen molar-refractivity contribution >= 4 is 0 Å². The van der Waals surface area contributed by atoms with Gasteiger partial charge in [0.15, 0.2) is 11.6 Å². The third-order valence-corrected chi connectivity index (χ3v) is 5.19. The fraction of sp³-hybridized carbons (Fsp3) is 0.429. The van der Waals surface area contributed by atoms with Crippen LogP contribution in [-0.2, 0) is 6.54 Å². The second kappa shape index (κ2) is 8.06. The molecule has 140 valence electrons. The van der Waals surface area contributed by atoms with Crippen LogP contribution in [0.3, 0.4) is 0 Å². The highest BCUT2D eigenvalue weighted by Crippen LogP contribution is 2.32. The number of likely N-dealkylation sites (tertiary alicyclic amines) is 1. The van der Waals surface area contributed by atoms with E-state index in [-0.39, 0.29) is 5.82 Å². The van der Waals surface area contributed by atoms with E-state index in [0.29, 0.717) is 17.7 Å². The number of hydrogen-bond donors (Lipinski definition) is 0. The van der Waals surface area contributed by atoms with Crippen molar-refractivity contribution in [3.8, 4) is 11.5 Å². The summed E-state index contributed by atoms with van der Waals surface area (Å²) in [5, 5.41) is 0. The fourth-order valence-corrected chi connectivity index (χ4v) is 3.76. The second-order valence-corrected chi connectivity index (χ2v) is 7.07. The first-order valence-corrected chi connectivity index (χ1v) is 8.87. The molecule has 0 aliphatic carbocycles. The molecule has 0 unspecified atom stereocenters. The van der Waals surface area contributed by atoms with Gasteiger partial charge in [-0.2, -0.15) is 0 Å². The van der Waals surface area contributed by atoms with Crippen LogP contribution < -0.4 is 9.47 Å². The Morgan fingerprint density at radius 3 is 2.38 bits per heavy atom. The molecule has 2 aromatic carbocycles. The molecule has 4 nitrogen and oxygen atoms in total. The van der Waals surface area contributed by atoms with Gasteiger partial charge in [0.05, 0.1) is 14.2 Å². The molecule has 1 aliphatic rings. The van der Waals surface area contributed by atoms with E-state index in [0.717, 1.165) is 30.9 Å². The summed E-state index contributed by atoms with van der Waals surface area (Å²) in [4.78, 5) is 4.71. The molecule has 2 atom stereocenters. The van der Waals surface area contributed by atoms with Crippen LogP contribution in [0, 0.1) is 5.82 Å². The maximum Gasteiger partial charge on any atom is 0.165 e. The zero-order valence-electron chi connectivity index (χ0n) is 15.9. The Morgan fingerprint density at radius 1 is 1.04 bits per heavy atom. The third kappa shape index (κ3) is 4.00. The number of methoxy groups -OCH3 is 2. The van der Waals surface area contributed by atoms with E-state index in [2.05, 4.69) is 36.0 Å². The second-order valence-electron chi connectivity index (χ2n) is 7.07. The lowest BCUT2D eigenvalue weighted by molar-refractivity contribution is 0.259. The van der Waals surface area contributed by atoms with Crippen LogP contribution in [0.15, 0.2) is 42.5 Å². The Labute approximate surface area is 155 Å². The standard InChI is InChI=1S/C21H27FN2O2/c1-23(2)20-14-24(12-15-5-10-19(22)21(11-15)26-4)13-18(20)16-6-8-17(25-3)9-7-16/h5-11,18,20H,12-14H2,1-4H3/t18-,20+/m0/s1. The average Bonchev–Trinajstić information content (AvgIpc) is 3.07.